The van der Waals surface area contributed by atoms with Crippen molar-refractivity contribution >= 4 is 22.6 Å². The topological polar surface area (TPSA) is 41.1 Å². The number of piperidine rings is 1. The first-order valence-corrected chi connectivity index (χ1v) is 11.5. The molecule has 1 fully saturated rings. The average Bonchev–Trinajstić information content (AvgIpc) is 3.16. The molecule has 2 aromatic carbocycles. The molecule has 0 amide bonds. The Morgan fingerprint density at radius 1 is 1.13 bits per heavy atom. The van der Waals surface area contributed by atoms with Gasteiger partial charge in [-0.15, -0.1) is 0 Å². The number of aryl methyl sites for hydroxylation is 2. The highest BCUT2D eigenvalue weighted by Gasteiger charge is 2.17. The molecule has 0 saturated carbocycles. The molecule has 0 radical (unpaired) electrons. The molecule has 3 aromatic rings. The second kappa shape index (κ2) is 9.40. The van der Waals surface area contributed by atoms with Crippen LogP contribution in [0.4, 0.5) is 0 Å². The number of ether oxygens (including phenoxy) is 1. The lowest BCUT2D eigenvalue weighted by Crippen LogP contribution is -2.33. The van der Waals surface area contributed by atoms with Crippen LogP contribution in [0, 0.1) is 19.8 Å². The fourth-order valence-corrected chi connectivity index (χ4v) is 4.79. The van der Waals surface area contributed by atoms with E-state index in [1.165, 1.54) is 38.9 Å². The maximum atomic E-state index is 6.19. The zero-order valence-corrected chi connectivity index (χ0v) is 19.1. The first-order valence-electron chi connectivity index (χ1n) is 11.2. The van der Waals surface area contributed by atoms with Crippen LogP contribution < -0.4 is 4.74 Å². The number of likely N-dealkylation sites (tertiary alicyclic amines) is 1. The van der Waals surface area contributed by atoms with Crippen LogP contribution in [0.1, 0.15) is 43.7 Å². The second-order valence-corrected chi connectivity index (χ2v) is 8.99. The molecule has 1 aromatic heterocycles. The highest BCUT2D eigenvalue weighted by molar-refractivity contribution is 6.31. The lowest BCUT2D eigenvalue weighted by molar-refractivity contribution is 0.179. The SMILES string of the molecule is CCN1CCC(CCCOc2ccc(-c3nc4c(C)cc(Cl)cc4[nH]3)c(C)c2)CC1. The van der Waals surface area contributed by atoms with Gasteiger partial charge < -0.3 is 14.6 Å². The molecule has 0 spiro atoms. The largest absolute Gasteiger partial charge is 0.494 e. The number of benzene rings is 2. The highest BCUT2D eigenvalue weighted by Crippen LogP contribution is 2.29. The smallest absolute Gasteiger partial charge is 0.138 e. The van der Waals surface area contributed by atoms with Gasteiger partial charge in [-0.3, -0.25) is 0 Å². The van der Waals surface area contributed by atoms with Gasteiger partial charge in [0, 0.05) is 10.6 Å². The standard InChI is InChI=1S/C25H32ClN3O/c1-4-29-11-9-19(10-12-29)6-5-13-30-21-7-8-22(17(2)15-21)25-27-23-16-20(26)14-18(3)24(23)28-25/h7-8,14-16,19H,4-6,9-13H2,1-3H3,(H,27,28). The Labute approximate surface area is 184 Å². The van der Waals surface area contributed by atoms with Crippen molar-refractivity contribution in [3.63, 3.8) is 0 Å². The number of aromatic nitrogens is 2. The molecule has 30 heavy (non-hydrogen) atoms. The third kappa shape index (κ3) is 4.81. The number of rotatable bonds is 7. The quantitative estimate of drug-likeness (QED) is 0.446. The maximum Gasteiger partial charge on any atom is 0.138 e. The molecule has 4 nitrogen and oxygen atoms in total. The lowest BCUT2D eigenvalue weighted by atomic mass is 9.92. The number of aromatic amines is 1. The molecule has 4 rings (SSSR count). The van der Waals surface area contributed by atoms with Crippen LogP contribution >= 0.6 is 11.6 Å². The van der Waals surface area contributed by atoms with E-state index in [0.717, 1.165) is 63.3 Å². The summed E-state index contributed by atoms with van der Waals surface area (Å²) in [6.07, 6.45) is 5.07. The monoisotopic (exact) mass is 425 g/mol. The first-order chi connectivity index (χ1) is 14.5. The molecular weight excluding hydrogens is 394 g/mol. The van der Waals surface area contributed by atoms with Gasteiger partial charge in [-0.2, -0.15) is 0 Å². The van der Waals surface area contributed by atoms with Crippen LogP contribution in [-0.2, 0) is 0 Å². The summed E-state index contributed by atoms with van der Waals surface area (Å²) >= 11 is 6.19. The molecule has 0 unspecified atom stereocenters. The van der Waals surface area contributed by atoms with E-state index in [-0.39, 0.29) is 0 Å². The molecule has 5 heteroatoms. The van der Waals surface area contributed by atoms with Crippen LogP contribution in [-0.4, -0.2) is 41.1 Å². The summed E-state index contributed by atoms with van der Waals surface area (Å²) in [6.45, 7) is 10.9. The number of fused-ring (bicyclic) bond motifs is 1. The first kappa shape index (κ1) is 21.2. The summed E-state index contributed by atoms with van der Waals surface area (Å²) in [4.78, 5) is 10.8. The van der Waals surface area contributed by atoms with E-state index in [1.54, 1.807) is 0 Å². The molecule has 1 N–H and O–H groups in total. The number of halogens is 1. The van der Waals surface area contributed by atoms with Gasteiger partial charge in [0.1, 0.15) is 11.6 Å². The minimum atomic E-state index is 0.728. The summed E-state index contributed by atoms with van der Waals surface area (Å²) in [6, 6.07) is 10.1. The van der Waals surface area contributed by atoms with E-state index >= 15 is 0 Å². The zero-order valence-electron chi connectivity index (χ0n) is 18.3. The third-order valence-corrected chi connectivity index (χ3v) is 6.59. The van der Waals surface area contributed by atoms with Crippen LogP contribution in [0.3, 0.4) is 0 Å². The predicted octanol–water partition coefficient (Wildman–Crippen LogP) is 6.39. The lowest BCUT2D eigenvalue weighted by Gasteiger charge is -2.30. The molecule has 0 bridgehead atoms. The molecule has 1 aliphatic heterocycles. The Balaban J connectivity index is 1.34. The minimum Gasteiger partial charge on any atom is -0.494 e. The van der Waals surface area contributed by atoms with Crippen molar-refractivity contribution in [1.29, 1.82) is 0 Å². The second-order valence-electron chi connectivity index (χ2n) is 8.55. The van der Waals surface area contributed by atoms with Crippen LogP contribution in [0.25, 0.3) is 22.4 Å². The molecule has 2 heterocycles. The Hall–Kier alpha value is -2.04. The van der Waals surface area contributed by atoms with E-state index in [9.17, 15) is 0 Å². The molecule has 0 atom stereocenters. The summed E-state index contributed by atoms with van der Waals surface area (Å²) < 4.78 is 6.05. The van der Waals surface area contributed by atoms with Crippen LogP contribution in [0.15, 0.2) is 30.3 Å². The molecular formula is C25H32ClN3O. The third-order valence-electron chi connectivity index (χ3n) is 6.37. The van der Waals surface area contributed by atoms with Crippen molar-refractivity contribution in [2.45, 2.75) is 46.5 Å². The van der Waals surface area contributed by atoms with Crippen molar-refractivity contribution in [1.82, 2.24) is 14.9 Å². The van der Waals surface area contributed by atoms with Gasteiger partial charge in [0.15, 0.2) is 0 Å². The number of imidazole rings is 1. The van der Waals surface area contributed by atoms with Crippen molar-refractivity contribution in [3.8, 4) is 17.1 Å². The van der Waals surface area contributed by atoms with Gasteiger partial charge in [-0.25, -0.2) is 4.98 Å². The zero-order chi connectivity index (χ0) is 21.1. The number of nitrogens with one attached hydrogen (secondary N) is 1. The number of hydrogen-bond acceptors (Lipinski definition) is 3. The van der Waals surface area contributed by atoms with Crippen molar-refractivity contribution < 1.29 is 4.74 Å². The molecule has 1 aliphatic rings. The van der Waals surface area contributed by atoms with Gasteiger partial charge >= 0.3 is 0 Å². The van der Waals surface area contributed by atoms with Crippen molar-refractivity contribution in [3.05, 3.63) is 46.5 Å². The predicted molar refractivity (Wildman–Crippen MR) is 126 cm³/mol. The molecule has 0 aliphatic carbocycles. The molecule has 160 valence electrons. The average molecular weight is 426 g/mol. The summed E-state index contributed by atoms with van der Waals surface area (Å²) in [5.41, 5.74) is 5.27. The van der Waals surface area contributed by atoms with E-state index in [4.69, 9.17) is 21.3 Å². The van der Waals surface area contributed by atoms with Gasteiger partial charge in [-0.1, -0.05) is 18.5 Å². The molecule has 1 saturated heterocycles. The van der Waals surface area contributed by atoms with Gasteiger partial charge in [0.2, 0.25) is 0 Å². The number of nitrogens with zero attached hydrogens (tertiary/aromatic N) is 2. The maximum absolute atomic E-state index is 6.19. The Kier molecular flexibility index (Phi) is 6.64. The van der Waals surface area contributed by atoms with Crippen molar-refractivity contribution in [2.75, 3.05) is 26.2 Å². The normalized spacial score (nSPS) is 15.7. The number of H-pyrrole nitrogens is 1. The minimum absolute atomic E-state index is 0.728. The number of hydrogen-bond donors (Lipinski definition) is 1. The Morgan fingerprint density at radius 2 is 1.93 bits per heavy atom. The fraction of sp³-hybridized carbons (Fsp3) is 0.480. The Bertz CT molecular complexity index is 1010. The van der Waals surface area contributed by atoms with Crippen LogP contribution in [0.5, 0.6) is 5.75 Å². The van der Waals surface area contributed by atoms with Gasteiger partial charge in [0.25, 0.3) is 0 Å². The summed E-state index contributed by atoms with van der Waals surface area (Å²) in [5.74, 6) is 2.68. The summed E-state index contributed by atoms with van der Waals surface area (Å²) in [7, 11) is 0. The highest BCUT2D eigenvalue weighted by atomic mass is 35.5. The van der Waals surface area contributed by atoms with E-state index in [2.05, 4.69) is 41.9 Å². The fourth-order valence-electron chi connectivity index (χ4n) is 4.52. The van der Waals surface area contributed by atoms with Crippen LogP contribution in [0.2, 0.25) is 5.02 Å². The van der Waals surface area contributed by atoms with Gasteiger partial charge in [-0.05, 0) is 107 Å². The Morgan fingerprint density at radius 3 is 2.67 bits per heavy atom. The van der Waals surface area contributed by atoms with E-state index in [0.29, 0.717) is 0 Å². The summed E-state index contributed by atoms with van der Waals surface area (Å²) in [5, 5.41) is 0.728. The van der Waals surface area contributed by atoms with E-state index < -0.39 is 0 Å². The van der Waals surface area contributed by atoms with Gasteiger partial charge in [0.05, 0.1) is 17.6 Å². The van der Waals surface area contributed by atoms with E-state index in [1.807, 2.05) is 19.1 Å². The van der Waals surface area contributed by atoms with Crippen molar-refractivity contribution in [2.24, 2.45) is 5.92 Å².